The molecule has 8 nitrogen and oxygen atoms in total. The first-order chi connectivity index (χ1) is 16.5. The van der Waals surface area contributed by atoms with Gasteiger partial charge in [-0.15, -0.1) is 0 Å². The van der Waals surface area contributed by atoms with Crippen LogP contribution in [0.25, 0.3) is 11.3 Å². The van der Waals surface area contributed by atoms with Crippen molar-refractivity contribution in [3.8, 4) is 11.3 Å². The summed E-state index contributed by atoms with van der Waals surface area (Å²) < 4.78 is 5.88. The Kier molecular flexibility index (Phi) is 5.96. The number of amides is 1. The van der Waals surface area contributed by atoms with Crippen molar-refractivity contribution >= 4 is 23.0 Å². The third kappa shape index (κ3) is 4.23. The zero-order valence-corrected chi connectivity index (χ0v) is 19.3. The second kappa shape index (κ2) is 9.21. The Morgan fingerprint density at radius 3 is 2.29 bits per heavy atom. The second-order valence-corrected chi connectivity index (χ2v) is 8.85. The number of furan rings is 1. The Labute approximate surface area is 198 Å². The molecular formula is C26H28N4O4. The molecule has 176 valence electrons. The third-order valence-electron chi connectivity index (χ3n) is 6.74. The number of piperazine rings is 1. The number of nitro groups is 1. The average molecular weight is 461 g/mol. The lowest BCUT2D eigenvalue weighted by Gasteiger charge is -2.36. The van der Waals surface area contributed by atoms with Crippen molar-refractivity contribution in [2.45, 2.75) is 19.8 Å². The Morgan fingerprint density at radius 2 is 1.62 bits per heavy atom. The molecule has 2 aromatic carbocycles. The molecule has 0 N–H and O–H groups in total. The van der Waals surface area contributed by atoms with E-state index in [0.29, 0.717) is 49.0 Å². The molecule has 34 heavy (non-hydrogen) atoms. The van der Waals surface area contributed by atoms with Gasteiger partial charge in [-0.3, -0.25) is 14.9 Å². The zero-order valence-electron chi connectivity index (χ0n) is 19.3. The van der Waals surface area contributed by atoms with Crippen molar-refractivity contribution in [3.05, 3.63) is 76.0 Å². The van der Waals surface area contributed by atoms with E-state index in [1.54, 1.807) is 6.07 Å². The molecule has 1 aromatic heterocycles. The van der Waals surface area contributed by atoms with Crippen molar-refractivity contribution in [1.82, 2.24) is 4.90 Å². The Hall–Kier alpha value is -3.81. The van der Waals surface area contributed by atoms with Crippen LogP contribution < -0.4 is 9.80 Å². The maximum atomic E-state index is 13.2. The molecular weight excluding hydrogens is 432 g/mol. The van der Waals surface area contributed by atoms with Crippen molar-refractivity contribution in [1.29, 1.82) is 0 Å². The second-order valence-electron chi connectivity index (χ2n) is 8.85. The van der Waals surface area contributed by atoms with Crippen LogP contribution >= 0.6 is 0 Å². The molecule has 0 atom stereocenters. The molecule has 0 unspecified atom stereocenters. The smallest absolute Gasteiger partial charge is 0.292 e. The molecule has 0 radical (unpaired) electrons. The first-order valence-corrected chi connectivity index (χ1v) is 11.7. The summed E-state index contributed by atoms with van der Waals surface area (Å²) in [6.45, 7) is 6.03. The van der Waals surface area contributed by atoms with E-state index in [1.807, 2.05) is 60.4 Å². The molecule has 0 spiro atoms. The molecule has 2 saturated heterocycles. The highest BCUT2D eigenvalue weighted by Crippen LogP contribution is 2.35. The van der Waals surface area contributed by atoms with E-state index in [9.17, 15) is 14.9 Å². The van der Waals surface area contributed by atoms with Gasteiger partial charge in [-0.05, 0) is 38.0 Å². The summed E-state index contributed by atoms with van der Waals surface area (Å²) in [5.41, 5.74) is 3.36. The molecule has 2 fully saturated rings. The van der Waals surface area contributed by atoms with Crippen molar-refractivity contribution in [3.63, 3.8) is 0 Å². The van der Waals surface area contributed by atoms with E-state index in [1.165, 1.54) is 0 Å². The Bertz CT molecular complexity index is 1190. The van der Waals surface area contributed by atoms with Crippen LogP contribution in [0.15, 0.2) is 59.0 Å². The summed E-state index contributed by atoms with van der Waals surface area (Å²) >= 11 is 0. The first kappa shape index (κ1) is 22.0. The lowest BCUT2D eigenvalue weighted by molar-refractivity contribution is -0.384. The van der Waals surface area contributed by atoms with Gasteiger partial charge in [0, 0.05) is 56.6 Å². The Balaban J connectivity index is 1.29. The van der Waals surface area contributed by atoms with Gasteiger partial charge in [0.25, 0.3) is 11.6 Å². The van der Waals surface area contributed by atoms with E-state index in [2.05, 4.69) is 9.80 Å². The molecule has 1 amide bonds. The van der Waals surface area contributed by atoms with Gasteiger partial charge in [-0.1, -0.05) is 30.3 Å². The predicted molar refractivity (Wildman–Crippen MR) is 132 cm³/mol. The van der Waals surface area contributed by atoms with Gasteiger partial charge >= 0.3 is 0 Å². The number of aryl methyl sites for hydroxylation is 1. The number of carbonyl (C=O) groups is 1. The average Bonchev–Trinajstić information content (AvgIpc) is 3.54. The number of hydrogen-bond donors (Lipinski definition) is 0. The fraction of sp³-hybridized carbons (Fsp3) is 0.346. The molecule has 2 aliphatic rings. The fourth-order valence-corrected chi connectivity index (χ4v) is 4.85. The van der Waals surface area contributed by atoms with Gasteiger partial charge in [-0.25, -0.2) is 0 Å². The molecule has 0 aliphatic carbocycles. The number of rotatable bonds is 5. The zero-order chi connectivity index (χ0) is 23.7. The number of anilines is 2. The van der Waals surface area contributed by atoms with E-state index < -0.39 is 0 Å². The summed E-state index contributed by atoms with van der Waals surface area (Å²) in [7, 11) is 0. The van der Waals surface area contributed by atoms with E-state index in [-0.39, 0.29) is 16.5 Å². The number of hydrogen-bond acceptors (Lipinski definition) is 6. The van der Waals surface area contributed by atoms with E-state index in [0.717, 1.165) is 37.2 Å². The highest BCUT2D eigenvalue weighted by Gasteiger charge is 2.28. The van der Waals surface area contributed by atoms with E-state index in [4.69, 9.17) is 4.42 Å². The summed E-state index contributed by atoms with van der Waals surface area (Å²) in [5, 5.41) is 11.6. The minimum atomic E-state index is -0.301. The maximum Gasteiger partial charge on any atom is 0.292 e. The van der Waals surface area contributed by atoms with Crippen molar-refractivity contribution < 1.29 is 14.1 Å². The molecule has 8 heteroatoms. The number of nitro benzene ring substituents is 1. The summed E-state index contributed by atoms with van der Waals surface area (Å²) in [6.07, 6.45) is 2.11. The SMILES string of the molecule is Cc1oc(-c2ccccc2)cc1C(=O)N1CCN(c2ccc([N+](=O)[O-])c(N3CCCC3)c2)CC1. The lowest BCUT2D eigenvalue weighted by Crippen LogP contribution is -2.48. The topological polar surface area (TPSA) is 83.1 Å². The minimum Gasteiger partial charge on any atom is -0.461 e. The predicted octanol–water partition coefficient (Wildman–Crippen LogP) is 4.73. The van der Waals surface area contributed by atoms with Crippen LogP contribution in [0.5, 0.6) is 0 Å². The minimum absolute atomic E-state index is 0.0236. The first-order valence-electron chi connectivity index (χ1n) is 11.7. The summed E-state index contributed by atoms with van der Waals surface area (Å²) in [4.78, 5) is 30.6. The molecule has 3 aromatic rings. The van der Waals surface area contributed by atoms with Crippen LogP contribution in [-0.2, 0) is 0 Å². The van der Waals surface area contributed by atoms with Gasteiger partial charge < -0.3 is 19.1 Å². The highest BCUT2D eigenvalue weighted by atomic mass is 16.6. The molecule has 3 heterocycles. The van der Waals surface area contributed by atoms with Gasteiger partial charge in [0.15, 0.2) is 0 Å². The molecule has 2 aliphatic heterocycles. The molecule has 0 bridgehead atoms. The van der Waals surface area contributed by atoms with Crippen molar-refractivity contribution in [2.24, 2.45) is 0 Å². The largest absolute Gasteiger partial charge is 0.461 e. The quantitative estimate of drug-likeness (QED) is 0.405. The monoisotopic (exact) mass is 460 g/mol. The van der Waals surface area contributed by atoms with Crippen LogP contribution in [0.2, 0.25) is 0 Å². The van der Waals surface area contributed by atoms with Gasteiger partial charge in [0.1, 0.15) is 17.2 Å². The van der Waals surface area contributed by atoms with Crippen LogP contribution in [-0.4, -0.2) is 55.0 Å². The van der Waals surface area contributed by atoms with E-state index >= 15 is 0 Å². The number of carbonyl (C=O) groups excluding carboxylic acids is 1. The van der Waals surface area contributed by atoms with Crippen LogP contribution in [0.4, 0.5) is 17.1 Å². The maximum absolute atomic E-state index is 13.2. The Morgan fingerprint density at radius 1 is 0.912 bits per heavy atom. The van der Waals surface area contributed by atoms with Crippen LogP contribution in [0.3, 0.4) is 0 Å². The van der Waals surface area contributed by atoms with Crippen LogP contribution in [0, 0.1) is 17.0 Å². The number of nitrogens with zero attached hydrogens (tertiary/aromatic N) is 4. The van der Waals surface area contributed by atoms with Gasteiger partial charge in [0.2, 0.25) is 0 Å². The molecule has 0 saturated carbocycles. The standard InChI is InChI=1S/C26H28N4O4/c1-19-22(18-25(34-19)20-7-3-2-4-8-20)26(31)29-15-13-27(14-16-29)21-9-10-23(30(32)33)24(17-21)28-11-5-6-12-28/h2-4,7-10,17-18H,5-6,11-16H2,1H3. The lowest BCUT2D eigenvalue weighted by atomic mass is 10.1. The highest BCUT2D eigenvalue weighted by molar-refractivity contribution is 5.96. The van der Waals surface area contributed by atoms with Gasteiger partial charge in [-0.2, -0.15) is 0 Å². The third-order valence-corrected chi connectivity index (χ3v) is 6.74. The number of benzene rings is 2. The molecule has 5 rings (SSSR count). The summed E-state index contributed by atoms with van der Waals surface area (Å²) in [5.74, 6) is 1.29. The fourth-order valence-electron chi connectivity index (χ4n) is 4.85. The van der Waals surface area contributed by atoms with Gasteiger partial charge in [0.05, 0.1) is 10.5 Å². The summed E-state index contributed by atoms with van der Waals surface area (Å²) in [6, 6.07) is 17.0. The van der Waals surface area contributed by atoms with Crippen molar-refractivity contribution in [2.75, 3.05) is 49.1 Å². The van der Waals surface area contributed by atoms with Crippen LogP contribution in [0.1, 0.15) is 29.0 Å². The normalized spacial score (nSPS) is 16.2.